The number of halogens is 2. The Morgan fingerprint density at radius 2 is 2.22 bits per heavy atom. The van der Waals surface area contributed by atoms with Crippen LogP contribution in [0.15, 0.2) is 22.7 Å². The molecule has 3 unspecified atom stereocenters. The molecule has 3 heteroatoms. The summed E-state index contributed by atoms with van der Waals surface area (Å²) in [5.41, 5.74) is 0.745. The van der Waals surface area contributed by atoms with Crippen LogP contribution in [0.5, 0.6) is 0 Å². The molecule has 0 saturated heterocycles. The first-order valence-electron chi connectivity index (χ1n) is 6.76. The third-order valence-corrected chi connectivity index (χ3v) is 4.64. The van der Waals surface area contributed by atoms with Crippen LogP contribution in [0.25, 0.3) is 0 Å². The predicted octanol–water partition coefficient (Wildman–Crippen LogP) is 4.68. The monoisotopic (exact) mass is 313 g/mol. The van der Waals surface area contributed by atoms with Gasteiger partial charge >= 0.3 is 0 Å². The molecule has 1 nitrogen and oxygen atoms in total. The molecule has 0 aromatic heterocycles. The van der Waals surface area contributed by atoms with Crippen molar-refractivity contribution in [2.45, 2.75) is 39.2 Å². The number of nitrogens with one attached hydrogen (secondary N) is 1. The van der Waals surface area contributed by atoms with Crippen LogP contribution in [-0.4, -0.2) is 6.54 Å². The quantitative estimate of drug-likeness (QED) is 0.851. The molecule has 0 spiro atoms. The first-order chi connectivity index (χ1) is 8.58. The lowest BCUT2D eigenvalue weighted by Gasteiger charge is -2.21. The summed E-state index contributed by atoms with van der Waals surface area (Å²) in [7, 11) is 0. The van der Waals surface area contributed by atoms with Crippen molar-refractivity contribution in [2.24, 2.45) is 11.8 Å². The molecule has 1 saturated carbocycles. The topological polar surface area (TPSA) is 12.0 Å². The van der Waals surface area contributed by atoms with E-state index in [0.29, 0.717) is 0 Å². The van der Waals surface area contributed by atoms with Crippen LogP contribution >= 0.6 is 15.9 Å². The van der Waals surface area contributed by atoms with Gasteiger partial charge in [0.25, 0.3) is 0 Å². The summed E-state index contributed by atoms with van der Waals surface area (Å²) in [4.78, 5) is 0. The van der Waals surface area contributed by atoms with Gasteiger partial charge in [0.15, 0.2) is 0 Å². The van der Waals surface area contributed by atoms with Gasteiger partial charge in [-0.1, -0.05) is 35.7 Å². The largest absolute Gasteiger partial charge is 0.310 e. The summed E-state index contributed by atoms with van der Waals surface area (Å²) < 4.78 is 14.7. The van der Waals surface area contributed by atoms with E-state index >= 15 is 0 Å². The highest BCUT2D eigenvalue weighted by atomic mass is 79.9. The van der Waals surface area contributed by atoms with Gasteiger partial charge in [0.05, 0.1) is 0 Å². The lowest BCUT2D eigenvalue weighted by molar-refractivity contribution is 0.372. The van der Waals surface area contributed by atoms with E-state index in [1.54, 1.807) is 6.07 Å². The van der Waals surface area contributed by atoms with Gasteiger partial charge in [0.2, 0.25) is 0 Å². The Morgan fingerprint density at radius 3 is 2.89 bits per heavy atom. The van der Waals surface area contributed by atoms with E-state index in [4.69, 9.17) is 0 Å². The first-order valence-corrected chi connectivity index (χ1v) is 7.55. The third-order valence-electron chi connectivity index (χ3n) is 4.15. The van der Waals surface area contributed by atoms with Gasteiger partial charge in [-0.25, -0.2) is 4.39 Å². The fraction of sp³-hybridized carbons (Fsp3) is 0.600. The second-order valence-electron chi connectivity index (χ2n) is 5.46. The van der Waals surface area contributed by atoms with Gasteiger partial charge in [-0.15, -0.1) is 0 Å². The van der Waals surface area contributed by atoms with Crippen LogP contribution in [0.4, 0.5) is 4.39 Å². The van der Waals surface area contributed by atoms with Gasteiger partial charge in [-0.05, 0) is 49.9 Å². The summed E-state index contributed by atoms with van der Waals surface area (Å²) in [5, 5.41) is 3.48. The fourth-order valence-electron chi connectivity index (χ4n) is 2.81. The van der Waals surface area contributed by atoms with Gasteiger partial charge in [-0.3, -0.25) is 0 Å². The van der Waals surface area contributed by atoms with Crippen molar-refractivity contribution in [2.75, 3.05) is 6.54 Å². The Balaban J connectivity index is 1.94. The molecular weight excluding hydrogens is 293 g/mol. The van der Waals surface area contributed by atoms with Crippen LogP contribution in [0, 0.1) is 17.7 Å². The van der Waals surface area contributed by atoms with E-state index in [0.717, 1.165) is 28.4 Å². The Kier molecular flexibility index (Phi) is 4.79. The molecule has 1 N–H and O–H groups in total. The van der Waals surface area contributed by atoms with Crippen LogP contribution in [-0.2, 0) is 0 Å². The highest BCUT2D eigenvalue weighted by molar-refractivity contribution is 9.10. The lowest BCUT2D eigenvalue weighted by Crippen LogP contribution is -2.27. The third kappa shape index (κ3) is 3.33. The summed E-state index contributed by atoms with van der Waals surface area (Å²) >= 11 is 3.40. The summed E-state index contributed by atoms with van der Waals surface area (Å²) in [6.45, 7) is 5.35. The van der Waals surface area contributed by atoms with Crippen molar-refractivity contribution >= 4 is 15.9 Å². The molecule has 1 aromatic carbocycles. The molecule has 100 valence electrons. The van der Waals surface area contributed by atoms with Crippen molar-refractivity contribution in [1.29, 1.82) is 0 Å². The van der Waals surface area contributed by atoms with Crippen LogP contribution in [0.1, 0.15) is 44.7 Å². The normalized spacial score (nSPS) is 25.3. The van der Waals surface area contributed by atoms with Crippen molar-refractivity contribution < 1.29 is 4.39 Å². The SMILES string of the molecule is CC(NCC1CCCC1C)c1cc(Br)ccc1F. The zero-order valence-electron chi connectivity index (χ0n) is 11.0. The molecule has 3 atom stereocenters. The molecule has 1 aliphatic rings. The van der Waals surface area contributed by atoms with Crippen LogP contribution in [0.3, 0.4) is 0 Å². The van der Waals surface area contributed by atoms with E-state index in [-0.39, 0.29) is 11.9 Å². The van der Waals surface area contributed by atoms with Crippen LogP contribution < -0.4 is 5.32 Å². The highest BCUT2D eigenvalue weighted by Gasteiger charge is 2.23. The number of rotatable bonds is 4. The molecule has 0 amide bonds. The Morgan fingerprint density at radius 1 is 1.44 bits per heavy atom. The molecule has 0 heterocycles. The number of hydrogen-bond acceptors (Lipinski definition) is 1. The summed E-state index contributed by atoms with van der Waals surface area (Å²) in [6.07, 6.45) is 3.99. The van der Waals surface area contributed by atoms with Crippen molar-refractivity contribution in [3.63, 3.8) is 0 Å². The average Bonchev–Trinajstić information content (AvgIpc) is 2.75. The molecule has 1 aromatic rings. The fourth-order valence-corrected chi connectivity index (χ4v) is 3.19. The van der Waals surface area contributed by atoms with Gasteiger partial charge in [-0.2, -0.15) is 0 Å². The minimum Gasteiger partial charge on any atom is -0.310 e. The highest BCUT2D eigenvalue weighted by Crippen LogP contribution is 2.31. The van der Waals surface area contributed by atoms with Crippen LogP contribution in [0.2, 0.25) is 0 Å². The standard InChI is InChI=1S/C15H21BrFN/c1-10-4-3-5-12(10)9-18-11(2)14-8-13(16)6-7-15(14)17/h6-8,10-12,18H,3-5,9H2,1-2H3. The number of benzene rings is 1. The maximum absolute atomic E-state index is 13.7. The second kappa shape index (κ2) is 6.16. The predicted molar refractivity (Wildman–Crippen MR) is 77.0 cm³/mol. The molecule has 1 fully saturated rings. The molecule has 0 bridgehead atoms. The molecule has 0 radical (unpaired) electrons. The maximum Gasteiger partial charge on any atom is 0.128 e. The molecular formula is C15H21BrFN. The second-order valence-corrected chi connectivity index (χ2v) is 6.38. The molecule has 0 aliphatic heterocycles. The van der Waals surface area contributed by atoms with E-state index in [2.05, 4.69) is 28.2 Å². The van der Waals surface area contributed by atoms with Gasteiger partial charge in [0, 0.05) is 16.1 Å². The van der Waals surface area contributed by atoms with Gasteiger partial charge in [0.1, 0.15) is 5.82 Å². The zero-order valence-corrected chi connectivity index (χ0v) is 12.6. The first kappa shape index (κ1) is 14.0. The van der Waals surface area contributed by atoms with Crippen molar-refractivity contribution in [1.82, 2.24) is 5.32 Å². The molecule has 18 heavy (non-hydrogen) atoms. The molecule has 1 aliphatic carbocycles. The van der Waals surface area contributed by atoms with E-state index < -0.39 is 0 Å². The Hall–Kier alpha value is -0.410. The minimum absolute atomic E-state index is 0.0651. The maximum atomic E-state index is 13.7. The number of hydrogen-bond donors (Lipinski definition) is 1. The summed E-state index contributed by atoms with van der Waals surface area (Å²) in [5.74, 6) is 1.43. The Bertz CT molecular complexity index is 407. The zero-order chi connectivity index (χ0) is 13.1. The Labute approximate surface area is 117 Å². The lowest BCUT2D eigenvalue weighted by atomic mass is 9.97. The van der Waals surface area contributed by atoms with E-state index in [1.807, 2.05) is 13.0 Å². The average molecular weight is 314 g/mol. The van der Waals surface area contributed by atoms with E-state index in [9.17, 15) is 4.39 Å². The van der Waals surface area contributed by atoms with Crippen molar-refractivity contribution in [3.05, 3.63) is 34.1 Å². The van der Waals surface area contributed by atoms with E-state index in [1.165, 1.54) is 25.3 Å². The minimum atomic E-state index is -0.127. The van der Waals surface area contributed by atoms with Gasteiger partial charge < -0.3 is 5.32 Å². The van der Waals surface area contributed by atoms with Crippen molar-refractivity contribution in [3.8, 4) is 0 Å². The molecule has 2 rings (SSSR count). The summed E-state index contributed by atoms with van der Waals surface area (Å²) in [6, 6.07) is 5.20. The smallest absolute Gasteiger partial charge is 0.128 e.